The van der Waals surface area contributed by atoms with Crippen molar-refractivity contribution in [1.29, 1.82) is 0 Å². The van der Waals surface area contributed by atoms with Crippen LogP contribution in [-0.2, 0) is 6.54 Å². The number of carbonyl (C=O) groups excluding carboxylic acids is 1. The maximum atomic E-state index is 12.2. The average molecular weight is 383 g/mol. The largest absolute Gasteiger partial charge is 0.507 e. The molecule has 138 valence electrons. The predicted octanol–water partition coefficient (Wildman–Crippen LogP) is 3.67. The first-order valence-electron chi connectivity index (χ1n) is 8.34. The molecule has 0 bridgehead atoms. The molecule has 0 spiro atoms. The van der Waals surface area contributed by atoms with Gasteiger partial charge in [0.05, 0.1) is 18.5 Å². The molecule has 6 nitrogen and oxygen atoms in total. The quantitative estimate of drug-likeness (QED) is 0.522. The zero-order valence-electron chi connectivity index (χ0n) is 15.0. The first kappa shape index (κ1) is 18.7. The van der Waals surface area contributed by atoms with Crippen LogP contribution in [0.15, 0.2) is 53.6 Å². The molecule has 1 aromatic heterocycles. The highest BCUT2D eigenvalue weighted by molar-refractivity contribution is 6.30. The molecule has 0 aliphatic rings. The molecule has 27 heavy (non-hydrogen) atoms. The number of phenols is 1. The summed E-state index contributed by atoms with van der Waals surface area (Å²) in [5, 5.41) is 18.5. The molecule has 3 aromatic rings. The van der Waals surface area contributed by atoms with Gasteiger partial charge in [-0.05, 0) is 55.8 Å². The summed E-state index contributed by atoms with van der Waals surface area (Å²) < 4.78 is 1.92. The van der Waals surface area contributed by atoms with E-state index in [4.69, 9.17) is 11.6 Å². The number of nitrogens with one attached hydrogen (secondary N) is 1. The number of hydrogen-bond acceptors (Lipinski definition) is 4. The van der Waals surface area contributed by atoms with Crippen LogP contribution in [0.3, 0.4) is 0 Å². The number of hydrazone groups is 1. The average Bonchev–Trinajstić information content (AvgIpc) is 2.95. The molecule has 1 heterocycles. The third kappa shape index (κ3) is 4.74. The molecule has 2 N–H and O–H groups in total. The van der Waals surface area contributed by atoms with Crippen LogP contribution in [0.2, 0.25) is 5.02 Å². The highest BCUT2D eigenvalue weighted by Gasteiger charge is 2.06. The number of amides is 1. The Morgan fingerprint density at radius 3 is 2.63 bits per heavy atom. The number of rotatable bonds is 5. The van der Waals surface area contributed by atoms with Gasteiger partial charge in [0, 0.05) is 21.8 Å². The summed E-state index contributed by atoms with van der Waals surface area (Å²) in [6, 6.07) is 13.9. The number of halogens is 1. The van der Waals surface area contributed by atoms with Crippen LogP contribution in [0.5, 0.6) is 5.75 Å². The van der Waals surface area contributed by atoms with E-state index in [1.165, 1.54) is 12.3 Å². The third-order valence-electron chi connectivity index (χ3n) is 4.01. The van der Waals surface area contributed by atoms with Crippen LogP contribution >= 0.6 is 11.6 Å². The van der Waals surface area contributed by atoms with Gasteiger partial charge in [0.25, 0.3) is 5.91 Å². The van der Waals surface area contributed by atoms with Crippen molar-refractivity contribution in [3.05, 3.63) is 81.6 Å². The Labute approximate surface area is 162 Å². The molecule has 2 aromatic carbocycles. The maximum absolute atomic E-state index is 12.2. The van der Waals surface area contributed by atoms with E-state index >= 15 is 0 Å². The SMILES string of the molecule is Cc1cc(C)n(Cc2ccc(C(=O)N/N=C\c3cc(Cl)ccc3O)cc2)n1. The summed E-state index contributed by atoms with van der Waals surface area (Å²) in [6.45, 7) is 4.62. The summed E-state index contributed by atoms with van der Waals surface area (Å²) in [4.78, 5) is 12.2. The Hall–Kier alpha value is -3.12. The van der Waals surface area contributed by atoms with Gasteiger partial charge in [-0.15, -0.1) is 0 Å². The number of aryl methyl sites for hydroxylation is 2. The first-order chi connectivity index (χ1) is 12.9. The van der Waals surface area contributed by atoms with Gasteiger partial charge >= 0.3 is 0 Å². The van der Waals surface area contributed by atoms with E-state index in [0.29, 0.717) is 22.7 Å². The summed E-state index contributed by atoms with van der Waals surface area (Å²) in [7, 11) is 0. The van der Waals surface area contributed by atoms with Gasteiger partial charge in [-0.3, -0.25) is 9.48 Å². The topological polar surface area (TPSA) is 79.5 Å². The van der Waals surface area contributed by atoms with E-state index in [-0.39, 0.29) is 11.7 Å². The van der Waals surface area contributed by atoms with Gasteiger partial charge in [-0.2, -0.15) is 10.2 Å². The third-order valence-corrected chi connectivity index (χ3v) is 4.25. The number of aromatic nitrogens is 2. The predicted molar refractivity (Wildman–Crippen MR) is 105 cm³/mol. The lowest BCUT2D eigenvalue weighted by Gasteiger charge is -2.06. The zero-order valence-corrected chi connectivity index (χ0v) is 15.7. The van der Waals surface area contributed by atoms with Crippen molar-refractivity contribution < 1.29 is 9.90 Å². The highest BCUT2D eigenvalue weighted by atomic mass is 35.5. The fraction of sp³-hybridized carbons (Fsp3) is 0.150. The lowest BCUT2D eigenvalue weighted by Crippen LogP contribution is -2.17. The van der Waals surface area contributed by atoms with E-state index in [1.807, 2.05) is 36.7 Å². The number of nitrogens with zero attached hydrogens (tertiary/aromatic N) is 3. The molecule has 1 amide bonds. The standard InChI is InChI=1S/C20H19ClN4O2/c1-13-9-14(2)25(24-13)12-15-3-5-16(6-4-15)20(27)23-22-11-17-10-18(21)7-8-19(17)26/h3-11,26H,12H2,1-2H3,(H,23,27)/b22-11-. The van der Waals surface area contributed by atoms with E-state index in [2.05, 4.69) is 15.6 Å². The van der Waals surface area contributed by atoms with Crippen molar-refractivity contribution in [2.75, 3.05) is 0 Å². The maximum Gasteiger partial charge on any atom is 0.271 e. The fourth-order valence-electron chi connectivity index (χ4n) is 2.62. The van der Waals surface area contributed by atoms with Crippen molar-refractivity contribution in [2.45, 2.75) is 20.4 Å². The molecular weight excluding hydrogens is 364 g/mol. The van der Waals surface area contributed by atoms with Crippen molar-refractivity contribution >= 4 is 23.7 Å². The van der Waals surface area contributed by atoms with E-state index in [0.717, 1.165) is 17.0 Å². The number of hydrogen-bond donors (Lipinski definition) is 2. The second kappa shape index (κ2) is 8.05. The lowest BCUT2D eigenvalue weighted by atomic mass is 10.1. The second-order valence-electron chi connectivity index (χ2n) is 6.18. The minimum atomic E-state index is -0.342. The molecule has 3 rings (SSSR count). The summed E-state index contributed by atoms with van der Waals surface area (Å²) in [6.07, 6.45) is 1.34. The summed E-state index contributed by atoms with van der Waals surface area (Å²) in [5.41, 5.74) is 6.46. The van der Waals surface area contributed by atoms with Crippen molar-refractivity contribution in [1.82, 2.24) is 15.2 Å². The minimum Gasteiger partial charge on any atom is -0.507 e. The Morgan fingerprint density at radius 2 is 1.96 bits per heavy atom. The van der Waals surface area contributed by atoms with Crippen LogP contribution in [-0.4, -0.2) is 27.0 Å². The van der Waals surface area contributed by atoms with Crippen molar-refractivity contribution in [2.24, 2.45) is 5.10 Å². The normalized spacial score (nSPS) is 11.1. The van der Waals surface area contributed by atoms with E-state index < -0.39 is 0 Å². The van der Waals surface area contributed by atoms with Crippen LogP contribution < -0.4 is 5.43 Å². The molecule has 0 saturated carbocycles. The van der Waals surface area contributed by atoms with Crippen LogP contribution in [0.1, 0.15) is 32.9 Å². The van der Waals surface area contributed by atoms with E-state index in [1.54, 1.807) is 24.3 Å². The molecular formula is C20H19ClN4O2. The molecule has 0 atom stereocenters. The first-order valence-corrected chi connectivity index (χ1v) is 8.72. The Morgan fingerprint density at radius 1 is 1.22 bits per heavy atom. The van der Waals surface area contributed by atoms with Gasteiger partial charge < -0.3 is 5.11 Å². The molecule has 0 radical (unpaired) electrons. The molecule has 0 aliphatic heterocycles. The Balaban J connectivity index is 1.62. The monoisotopic (exact) mass is 382 g/mol. The summed E-state index contributed by atoms with van der Waals surface area (Å²) >= 11 is 5.87. The van der Waals surface area contributed by atoms with Crippen LogP contribution in [0.25, 0.3) is 0 Å². The number of phenolic OH excluding ortho intramolecular Hbond substituents is 1. The molecule has 0 saturated heterocycles. The number of benzene rings is 2. The van der Waals surface area contributed by atoms with Crippen LogP contribution in [0, 0.1) is 13.8 Å². The van der Waals surface area contributed by atoms with Crippen molar-refractivity contribution in [3.63, 3.8) is 0 Å². The van der Waals surface area contributed by atoms with Crippen molar-refractivity contribution in [3.8, 4) is 5.75 Å². The van der Waals surface area contributed by atoms with E-state index in [9.17, 15) is 9.90 Å². The van der Waals surface area contributed by atoms with Gasteiger partial charge in [-0.1, -0.05) is 23.7 Å². The lowest BCUT2D eigenvalue weighted by molar-refractivity contribution is 0.0955. The molecule has 7 heteroatoms. The van der Waals surface area contributed by atoms with Gasteiger partial charge in [-0.25, -0.2) is 5.43 Å². The number of carbonyl (C=O) groups is 1. The molecule has 0 aliphatic carbocycles. The molecule has 0 unspecified atom stereocenters. The number of aromatic hydroxyl groups is 1. The highest BCUT2D eigenvalue weighted by Crippen LogP contribution is 2.19. The Kier molecular flexibility index (Phi) is 5.57. The smallest absolute Gasteiger partial charge is 0.271 e. The molecule has 0 fully saturated rings. The zero-order chi connectivity index (χ0) is 19.4. The second-order valence-corrected chi connectivity index (χ2v) is 6.62. The van der Waals surface area contributed by atoms with Gasteiger partial charge in [0.15, 0.2) is 0 Å². The van der Waals surface area contributed by atoms with Gasteiger partial charge in [0.1, 0.15) is 5.75 Å². The fourth-order valence-corrected chi connectivity index (χ4v) is 2.80. The van der Waals surface area contributed by atoms with Gasteiger partial charge in [0.2, 0.25) is 0 Å². The summed E-state index contributed by atoms with van der Waals surface area (Å²) in [5.74, 6) is -0.309. The minimum absolute atomic E-state index is 0.0332. The Bertz CT molecular complexity index is 994. The van der Waals surface area contributed by atoms with Crippen LogP contribution in [0.4, 0.5) is 0 Å².